The first-order chi connectivity index (χ1) is 9.66. The van der Waals surface area contributed by atoms with Gasteiger partial charge in [0.05, 0.1) is 16.9 Å². The number of carboxylic acid groups (broad SMARTS) is 1. The second-order valence-corrected chi connectivity index (χ2v) is 5.00. The smallest absolute Gasteiger partial charge is 0.337 e. The van der Waals surface area contributed by atoms with Gasteiger partial charge in [0.15, 0.2) is 0 Å². The molecule has 1 fully saturated rings. The number of anilines is 1. The van der Waals surface area contributed by atoms with Crippen LogP contribution in [0.5, 0.6) is 0 Å². The molecule has 1 aliphatic heterocycles. The van der Waals surface area contributed by atoms with Crippen LogP contribution in [-0.4, -0.2) is 38.9 Å². The summed E-state index contributed by atoms with van der Waals surface area (Å²) in [6.07, 6.45) is 5.23. The van der Waals surface area contributed by atoms with E-state index in [9.17, 15) is 9.90 Å². The highest BCUT2D eigenvalue weighted by molar-refractivity contribution is 5.96. The SMILES string of the molecule is Cc1cc(-n2cncn2)cc(C(=O)O)c1N1CCCC1. The number of aryl methyl sites for hydroxylation is 1. The molecule has 2 heterocycles. The van der Waals surface area contributed by atoms with Crippen LogP contribution in [0.2, 0.25) is 0 Å². The van der Waals surface area contributed by atoms with Gasteiger partial charge >= 0.3 is 5.97 Å². The number of carboxylic acids is 1. The van der Waals surface area contributed by atoms with Crippen molar-refractivity contribution < 1.29 is 9.90 Å². The lowest BCUT2D eigenvalue weighted by Gasteiger charge is -2.23. The molecule has 0 bridgehead atoms. The highest BCUT2D eigenvalue weighted by Crippen LogP contribution is 2.30. The van der Waals surface area contributed by atoms with Crippen molar-refractivity contribution in [3.05, 3.63) is 35.9 Å². The van der Waals surface area contributed by atoms with Crippen LogP contribution < -0.4 is 4.90 Å². The normalized spacial score (nSPS) is 14.8. The van der Waals surface area contributed by atoms with Gasteiger partial charge < -0.3 is 10.0 Å². The molecule has 20 heavy (non-hydrogen) atoms. The summed E-state index contributed by atoms with van der Waals surface area (Å²) in [4.78, 5) is 17.6. The summed E-state index contributed by atoms with van der Waals surface area (Å²) in [6, 6.07) is 3.62. The molecular weight excluding hydrogens is 256 g/mol. The van der Waals surface area contributed by atoms with Crippen molar-refractivity contribution in [3.63, 3.8) is 0 Å². The Hall–Kier alpha value is -2.37. The second kappa shape index (κ2) is 4.96. The van der Waals surface area contributed by atoms with Crippen molar-refractivity contribution in [1.29, 1.82) is 0 Å². The zero-order valence-corrected chi connectivity index (χ0v) is 11.3. The fraction of sp³-hybridized carbons (Fsp3) is 0.357. The molecule has 1 aliphatic rings. The minimum Gasteiger partial charge on any atom is -0.478 e. The largest absolute Gasteiger partial charge is 0.478 e. The van der Waals surface area contributed by atoms with E-state index < -0.39 is 5.97 Å². The van der Waals surface area contributed by atoms with Gasteiger partial charge in [-0.3, -0.25) is 0 Å². The Kier molecular flexibility index (Phi) is 3.14. The number of rotatable bonds is 3. The van der Waals surface area contributed by atoms with Crippen LogP contribution in [0.4, 0.5) is 5.69 Å². The number of aromatic nitrogens is 3. The first-order valence-electron chi connectivity index (χ1n) is 6.64. The van der Waals surface area contributed by atoms with Crippen molar-refractivity contribution in [3.8, 4) is 5.69 Å². The van der Waals surface area contributed by atoms with E-state index in [2.05, 4.69) is 15.0 Å². The third-order valence-electron chi connectivity index (χ3n) is 3.62. The molecular formula is C14H16N4O2. The van der Waals surface area contributed by atoms with Crippen molar-refractivity contribution in [1.82, 2.24) is 14.8 Å². The average Bonchev–Trinajstić information content (AvgIpc) is 3.11. The van der Waals surface area contributed by atoms with Crippen molar-refractivity contribution >= 4 is 11.7 Å². The molecule has 0 amide bonds. The summed E-state index contributed by atoms with van der Waals surface area (Å²) in [5.74, 6) is -0.906. The summed E-state index contributed by atoms with van der Waals surface area (Å²) in [6.45, 7) is 3.79. The lowest BCUT2D eigenvalue weighted by atomic mass is 10.1. The van der Waals surface area contributed by atoms with Gasteiger partial charge in [0.2, 0.25) is 0 Å². The molecule has 3 rings (SSSR count). The van der Waals surface area contributed by atoms with Crippen LogP contribution in [0.15, 0.2) is 24.8 Å². The van der Waals surface area contributed by atoms with Gasteiger partial charge in [-0.1, -0.05) is 0 Å². The number of aromatic carboxylic acids is 1. The van der Waals surface area contributed by atoms with Gasteiger partial charge in [0, 0.05) is 13.1 Å². The summed E-state index contributed by atoms with van der Waals surface area (Å²) in [7, 11) is 0. The summed E-state index contributed by atoms with van der Waals surface area (Å²) in [5, 5.41) is 13.6. The first kappa shape index (κ1) is 12.7. The van der Waals surface area contributed by atoms with Gasteiger partial charge in [0.25, 0.3) is 0 Å². The second-order valence-electron chi connectivity index (χ2n) is 5.00. The molecule has 1 saturated heterocycles. The standard InChI is InChI=1S/C14H16N4O2/c1-10-6-11(18-9-15-8-16-18)7-12(14(19)20)13(10)17-4-2-3-5-17/h6-9H,2-5H2,1H3,(H,19,20). The van der Waals surface area contributed by atoms with E-state index in [1.807, 2.05) is 13.0 Å². The fourth-order valence-electron chi connectivity index (χ4n) is 2.76. The molecule has 1 aromatic carbocycles. The Morgan fingerprint density at radius 1 is 1.30 bits per heavy atom. The third kappa shape index (κ3) is 2.13. The minimum atomic E-state index is -0.906. The molecule has 0 spiro atoms. The number of carbonyl (C=O) groups is 1. The fourth-order valence-corrected chi connectivity index (χ4v) is 2.76. The van der Waals surface area contributed by atoms with Gasteiger partial charge in [-0.05, 0) is 37.5 Å². The summed E-state index contributed by atoms with van der Waals surface area (Å²) >= 11 is 0. The predicted octanol–water partition coefficient (Wildman–Crippen LogP) is 1.87. The van der Waals surface area contributed by atoms with E-state index in [0.29, 0.717) is 5.56 Å². The Balaban J connectivity index is 2.13. The van der Waals surface area contributed by atoms with Crippen LogP contribution in [0, 0.1) is 6.92 Å². The molecule has 1 N–H and O–H groups in total. The van der Waals surface area contributed by atoms with Gasteiger partial charge in [-0.15, -0.1) is 0 Å². The van der Waals surface area contributed by atoms with Crippen LogP contribution in [-0.2, 0) is 0 Å². The molecule has 0 aliphatic carbocycles. The third-order valence-corrected chi connectivity index (χ3v) is 3.62. The number of benzene rings is 1. The lowest BCUT2D eigenvalue weighted by Crippen LogP contribution is -2.22. The van der Waals surface area contributed by atoms with E-state index in [1.165, 1.54) is 6.33 Å². The van der Waals surface area contributed by atoms with Crippen molar-refractivity contribution in [2.75, 3.05) is 18.0 Å². The molecule has 0 radical (unpaired) electrons. The van der Waals surface area contributed by atoms with E-state index in [0.717, 1.165) is 42.9 Å². The van der Waals surface area contributed by atoms with Crippen molar-refractivity contribution in [2.24, 2.45) is 0 Å². The monoisotopic (exact) mass is 272 g/mol. The van der Waals surface area contributed by atoms with Gasteiger partial charge in [-0.25, -0.2) is 14.5 Å². The highest BCUT2D eigenvalue weighted by atomic mass is 16.4. The van der Waals surface area contributed by atoms with Crippen LogP contribution >= 0.6 is 0 Å². The topological polar surface area (TPSA) is 71.2 Å². The zero-order valence-electron chi connectivity index (χ0n) is 11.3. The minimum absolute atomic E-state index is 0.331. The molecule has 0 atom stereocenters. The lowest BCUT2D eigenvalue weighted by molar-refractivity contribution is 0.0697. The zero-order chi connectivity index (χ0) is 14.1. The molecule has 6 nitrogen and oxygen atoms in total. The Labute approximate surface area is 116 Å². The Morgan fingerprint density at radius 3 is 2.65 bits per heavy atom. The maximum Gasteiger partial charge on any atom is 0.337 e. The van der Waals surface area contributed by atoms with Gasteiger partial charge in [0.1, 0.15) is 12.7 Å². The van der Waals surface area contributed by atoms with E-state index in [-0.39, 0.29) is 0 Å². The quantitative estimate of drug-likeness (QED) is 0.923. The van der Waals surface area contributed by atoms with E-state index >= 15 is 0 Å². The molecule has 1 aromatic heterocycles. The number of hydrogen-bond donors (Lipinski definition) is 1. The van der Waals surface area contributed by atoms with Crippen LogP contribution in [0.25, 0.3) is 5.69 Å². The van der Waals surface area contributed by atoms with E-state index in [4.69, 9.17) is 0 Å². The Morgan fingerprint density at radius 2 is 2.05 bits per heavy atom. The summed E-state index contributed by atoms with van der Waals surface area (Å²) < 4.78 is 1.58. The molecule has 104 valence electrons. The van der Waals surface area contributed by atoms with Crippen LogP contribution in [0.3, 0.4) is 0 Å². The predicted molar refractivity (Wildman–Crippen MR) is 74.5 cm³/mol. The number of hydrogen-bond acceptors (Lipinski definition) is 4. The van der Waals surface area contributed by atoms with Gasteiger partial charge in [-0.2, -0.15) is 5.10 Å². The first-order valence-corrected chi connectivity index (χ1v) is 6.64. The average molecular weight is 272 g/mol. The molecule has 0 unspecified atom stereocenters. The highest BCUT2D eigenvalue weighted by Gasteiger charge is 2.22. The van der Waals surface area contributed by atoms with E-state index in [1.54, 1.807) is 17.1 Å². The maximum absolute atomic E-state index is 11.6. The van der Waals surface area contributed by atoms with Crippen LogP contribution in [0.1, 0.15) is 28.8 Å². The Bertz CT molecular complexity index is 631. The molecule has 6 heteroatoms. The molecule has 0 saturated carbocycles. The van der Waals surface area contributed by atoms with Crippen molar-refractivity contribution in [2.45, 2.75) is 19.8 Å². The molecule has 2 aromatic rings. The number of nitrogens with zero attached hydrogens (tertiary/aromatic N) is 4. The maximum atomic E-state index is 11.6. The summed E-state index contributed by atoms with van der Waals surface area (Å²) in [5.41, 5.74) is 2.84.